The average Bonchev–Trinajstić information content (AvgIpc) is 3.25. The van der Waals surface area contributed by atoms with Crippen molar-refractivity contribution in [2.45, 2.75) is 52.1 Å². The third-order valence-corrected chi connectivity index (χ3v) is 6.88. The minimum Gasteiger partial charge on any atom is -0.335 e. The zero-order valence-corrected chi connectivity index (χ0v) is 15.6. The van der Waals surface area contributed by atoms with Crippen LogP contribution in [0.5, 0.6) is 0 Å². The minimum absolute atomic E-state index is 0. The highest BCUT2D eigenvalue weighted by molar-refractivity contribution is 7.07. The van der Waals surface area contributed by atoms with Gasteiger partial charge >= 0.3 is 0 Å². The Bertz CT molecular complexity index is 566. The third kappa shape index (κ3) is 3.18. The lowest BCUT2D eigenvalue weighted by Crippen LogP contribution is -2.40. The topological polar surface area (TPSA) is 32.3 Å². The van der Waals surface area contributed by atoms with Gasteiger partial charge in [-0.15, -0.1) is 12.4 Å². The number of piperidine rings is 1. The molecule has 2 unspecified atom stereocenters. The van der Waals surface area contributed by atoms with E-state index in [1.165, 1.54) is 24.8 Å². The van der Waals surface area contributed by atoms with E-state index in [0.717, 1.165) is 26.1 Å². The Balaban J connectivity index is 0.00000156. The fourth-order valence-corrected chi connectivity index (χ4v) is 4.90. The zero-order chi connectivity index (χ0) is 15.4. The molecule has 0 radical (unpaired) electrons. The van der Waals surface area contributed by atoms with Crippen LogP contribution in [0, 0.1) is 16.7 Å². The van der Waals surface area contributed by atoms with E-state index in [9.17, 15) is 4.79 Å². The Hall–Kier alpha value is -0.580. The van der Waals surface area contributed by atoms with Gasteiger partial charge < -0.3 is 10.2 Å². The monoisotopic (exact) mass is 354 g/mol. The molecule has 2 aliphatic carbocycles. The zero-order valence-electron chi connectivity index (χ0n) is 14.0. The van der Waals surface area contributed by atoms with E-state index >= 15 is 0 Å². The van der Waals surface area contributed by atoms with Crippen molar-refractivity contribution in [3.8, 4) is 0 Å². The summed E-state index contributed by atoms with van der Waals surface area (Å²) in [6.45, 7) is 7.50. The molecule has 1 spiro atoms. The Morgan fingerprint density at radius 2 is 2.04 bits per heavy atom. The second-order valence-electron chi connectivity index (χ2n) is 8.18. The predicted molar refractivity (Wildman–Crippen MR) is 96.9 cm³/mol. The fourth-order valence-electron chi connectivity index (χ4n) is 4.24. The maximum absolute atomic E-state index is 13.1. The third-order valence-electron chi connectivity index (χ3n) is 6.15. The number of nitrogens with one attached hydrogen (secondary N) is 1. The first kappa shape index (κ1) is 17.2. The summed E-state index contributed by atoms with van der Waals surface area (Å²) in [4.78, 5) is 15.3. The van der Waals surface area contributed by atoms with Crippen LogP contribution in [0.4, 0.5) is 0 Å². The summed E-state index contributed by atoms with van der Waals surface area (Å²) < 4.78 is 0. The van der Waals surface area contributed by atoms with Gasteiger partial charge in [0.25, 0.3) is 0 Å². The van der Waals surface area contributed by atoms with Gasteiger partial charge in [-0.3, -0.25) is 4.79 Å². The molecule has 4 rings (SSSR count). The molecule has 0 aromatic carbocycles. The van der Waals surface area contributed by atoms with Crippen molar-refractivity contribution < 1.29 is 4.79 Å². The van der Waals surface area contributed by atoms with Crippen molar-refractivity contribution in [2.24, 2.45) is 16.7 Å². The number of amides is 1. The van der Waals surface area contributed by atoms with Crippen LogP contribution in [0.1, 0.15) is 45.1 Å². The molecular weight excluding hydrogens is 328 g/mol. The Labute approximate surface area is 149 Å². The molecule has 2 heterocycles. The summed E-state index contributed by atoms with van der Waals surface area (Å²) in [5, 5.41) is 7.77. The molecule has 1 aliphatic heterocycles. The summed E-state index contributed by atoms with van der Waals surface area (Å²) >= 11 is 1.73. The SMILES string of the molecule is CC1(C)CC1C(=O)N(Cc1ccsc1)C1CC12CCNCC2.Cl. The van der Waals surface area contributed by atoms with Crippen molar-refractivity contribution in [3.05, 3.63) is 22.4 Å². The molecular formula is C18H27ClN2OS. The van der Waals surface area contributed by atoms with Crippen LogP contribution in [-0.4, -0.2) is 29.9 Å². The van der Waals surface area contributed by atoms with Crippen LogP contribution in [0.15, 0.2) is 16.8 Å². The quantitative estimate of drug-likeness (QED) is 0.894. The lowest BCUT2D eigenvalue weighted by Gasteiger charge is -2.30. The van der Waals surface area contributed by atoms with E-state index in [-0.39, 0.29) is 23.7 Å². The van der Waals surface area contributed by atoms with E-state index in [0.29, 0.717) is 17.4 Å². The normalized spacial score (nSPS) is 29.7. The first-order valence-electron chi connectivity index (χ1n) is 8.54. The summed E-state index contributed by atoms with van der Waals surface area (Å²) in [5.41, 5.74) is 1.95. The molecule has 3 fully saturated rings. The number of halogens is 1. The smallest absolute Gasteiger partial charge is 0.226 e. The Morgan fingerprint density at radius 1 is 1.35 bits per heavy atom. The maximum Gasteiger partial charge on any atom is 0.226 e. The van der Waals surface area contributed by atoms with Gasteiger partial charge in [0.05, 0.1) is 0 Å². The Kier molecular flexibility index (Phi) is 4.54. The number of carbonyl (C=O) groups excluding carboxylic acids is 1. The first-order valence-corrected chi connectivity index (χ1v) is 9.48. The van der Waals surface area contributed by atoms with Gasteiger partial charge in [-0.2, -0.15) is 11.3 Å². The van der Waals surface area contributed by atoms with E-state index in [2.05, 4.69) is 40.9 Å². The number of hydrogen-bond acceptors (Lipinski definition) is 3. The summed E-state index contributed by atoms with van der Waals surface area (Å²) in [6.07, 6.45) is 4.75. The van der Waals surface area contributed by atoms with Crippen molar-refractivity contribution in [3.63, 3.8) is 0 Å². The van der Waals surface area contributed by atoms with Crippen LogP contribution < -0.4 is 5.32 Å². The van der Waals surface area contributed by atoms with Crippen LogP contribution >= 0.6 is 23.7 Å². The van der Waals surface area contributed by atoms with Gasteiger partial charge in [-0.25, -0.2) is 0 Å². The molecule has 1 amide bonds. The molecule has 2 saturated carbocycles. The van der Waals surface area contributed by atoms with E-state index < -0.39 is 0 Å². The molecule has 128 valence electrons. The maximum atomic E-state index is 13.1. The molecule has 1 aromatic rings. The second-order valence-corrected chi connectivity index (χ2v) is 8.96. The van der Waals surface area contributed by atoms with Crippen LogP contribution in [0.25, 0.3) is 0 Å². The largest absolute Gasteiger partial charge is 0.335 e. The van der Waals surface area contributed by atoms with Crippen molar-refractivity contribution in [2.75, 3.05) is 13.1 Å². The van der Waals surface area contributed by atoms with Gasteiger partial charge in [0.15, 0.2) is 0 Å². The first-order chi connectivity index (χ1) is 10.5. The number of thiophene rings is 1. The summed E-state index contributed by atoms with van der Waals surface area (Å²) in [5.74, 6) is 0.669. The Morgan fingerprint density at radius 3 is 2.61 bits per heavy atom. The van der Waals surface area contributed by atoms with Crippen molar-refractivity contribution in [1.82, 2.24) is 10.2 Å². The highest BCUT2D eigenvalue weighted by Gasteiger charge is 2.60. The summed E-state index contributed by atoms with van der Waals surface area (Å²) in [7, 11) is 0. The van der Waals surface area contributed by atoms with Crippen molar-refractivity contribution >= 4 is 29.7 Å². The number of nitrogens with zero attached hydrogens (tertiary/aromatic N) is 1. The highest BCUT2D eigenvalue weighted by Crippen LogP contribution is 2.59. The van der Waals surface area contributed by atoms with Crippen molar-refractivity contribution in [1.29, 1.82) is 0 Å². The lowest BCUT2D eigenvalue weighted by atomic mass is 9.93. The molecule has 5 heteroatoms. The molecule has 1 saturated heterocycles. The number of rotatable bonds is 4. The van der Waals surface area contributed by atoms with Crippen LogP contribution in [0.3, 0.4) is 0 Å². The minimum atomic E-state index is 0. The highest BCUT2D eigenvalue weighted by atomic mass is 35.5. The van der Waals surface area contributed by atoms with Gasteiger partial charge in [-0.1, -0.05) is 13.8 Å². The van der Waals surface area contributed by atoms with E-state index in [4.69, 9.17) is 0 Å². The standard InChI is InChI=1S/C18H26N2OS.ClH/c1-17(2)9-14(17)16(21)20(11-13-3-8-22-12-13)15-10-18(15)4-6-19-7-5-18;/h3,8,12,14-15,19H,4-7,9-11H2,1-2H3;1H. The summed E-state index contributed by atoms with van der Waals surface area (Å²) in [6, 6.07) is 2.65. The number of carbonyl (C=O) groups is 1. The molecule has 2 atom stereocenters. The van der Waals surface area contributed by atoms with Gasteiger partial charge in [0.1, 0.15) is 0 Å². The molecule has 0 bridgehead atoms. The molecule has 3 nitrogen and oxygen atoms in total. The predicted octanol–water partition coefficient (Wildman–Crippen LogP) is 3.69. The molecule has 3 aliphatic rings. The second kappa shape index (κ2) is 6.05. The van der Waals surface area contributed by atoms with E-state index in [1.807, 2.05) is 0 Å². The van der Waals surface area contributed by atoms with Gasteiger partial charge in [0.2, 0.25) is 5.91 Å². The molecule has 23 heavy (non-hydrogen) atoms. The van der Waals surface area contributed by atoms with Crippen LogP contribution in [0.2, 0.25) is 0 Å². The molecule has 1 aromatic heterocycles. The fraction of sp³-hybridized carbons (Fsp3) is 0.722. The molecule has 1 N–H and O–H groups in total. The number of hydrogen-bond donors (Lipinski definition) is 1. The van der Waals surface area contributed by atoms with E-state index in [1.54, 1.807) is 11.3 Å². The lowest BCUT2D eigenvalue weighted by molar-refractivity contribution is -0.135. The average molecular weight is 355 g/mol. The van der Waals surface area contributed by atoms with Crippen LogP contribution in [-0.2, 0) is 11.3 Å². The van der Waals surface area contributed by atoms with Gasteiger partial charge in [-0.05, 0) is 72.0 Å². The van der Waals surface area contributed by atoms with Gasteiger partial charge in [0, 0.05) is 18.5 Å².